The zero-order chi connectivity index (χ0) is 14.4. The molecule has 0 aromatic heterocycles. The molecule has 0 unspecified atom stereocenters. The molecular weight excluding hydrogens is 256 g/mol. The molecule has 2 aromatic carbocycles. The summed E-state index contributed by atoms with van der Waals surface area (Å²) >= 11 is 0. The fourth-order valence-corrected chi connectivity index (χ4v) is 1.59. The van der Waals surface area contributed by atoms with Gasteiger partial charge in [-0.1, -0.05) is 18.2 Å². The Morgan fingerprint density at radius 2 is 1.70 bits per heavy atom. The van der Waals surface area contributed by atoms with Crippen molar-refractivity contribution in [3.63, 3.8) is 0 Å². The van der Waals surface area contributed by atoms with Crippen molar-refractivity contribution in [1.82, 2.24) is 0 Å². The van der Waals surface area contributed by atoms with Crippen LogP contribution in [0.4, 0.5) is 11.4 Å². The number of carbonyl (C=O) groups excluding carboxylic acids is 1. The van der Waals surface area contributed by atoms with Crippen LogP contribution in [0.2, 0.25) is 0 Å². The Morgan fingerprint density at radius 1 is 1.05 bits per heavy atom. The minimum absolute atomic E-state index is 0.0343. The van der Waals surface area contributed by atoms with Crippen molar-refractivity contribution in [2.24, 2.45) is 0 Å². The fraction of sp³-hybridized carbons (Fsp3) is 0. The second-order valence-electron chi connectivity index (χ2n) is 4.01. The zero-order valence-electron chi connectivity index (χ0n) is 10.5. The van der Waals surface area contributed by atoms with Crippen molar-refractivity contribution in [1.29, 1.82) is 0 Å². The normalized spacial score (nSPS) is 10.4. The summed E-state index contributed by atoms with van der Waals surface area (Å²) < 4.78 is 0. The van der Waals surface area contributed by atoms with Gasteiger partial charge in [-0.3, -0.25) is 14.9 Å². The number of nitro groups is 1. The number of nitrogens with zero attached hydrogens (tertiary/aromatic N) is 1. The maximum Gasteiger partial charge on any atom is 0.269 e. The first-order chi connectivity index (χ1) is 9.66. The largest absolute Gasteiger partial charge is 0.362 e. The summed E-state index contributed by atoms with van der Waals surface area (Å²) in [5, 5.41) is 13.5. The molecule has 0 saturated heterocycles. The van der Waals surface area contributed by atoms with Crippen LogP contribution in [0, 0.1) is 10.1 Å². The maximum atomic E-state index is 11.8. The molecule has 0 saturated carbocycles. The number of para-hydroxylation sites is 1. The third kappa shape index (κ3) is 3.52. The van der Waals surface area contributed by atoms with Gasteiger partial charge in [0.1, 0.15) is 0 Å². The highest BCUT2D eigenvalue weighted by atomic mass is 16.6. The van der Waals surface area contributed by atoms with E-state index in [1.807, 2.05) is 30.3 Å². The van der Waals surface area contributed by atoms with Gasteiger partial charge in [0.25, 0.3) is 5.69 Å². The van der Waals surface area contributed by atoms with E-state index in [1.54, 1.807) is 6.20 Å². The fourth-order valence-electron chi connectivity index (χ4n) is 1.59. The molecule has 2 rings (SSSR count). The lowest BCUT2D eigenvalue weighted by atomic mass is 10.1. The summed E-state index contributed by atoms with van der Waals surface area (Å²) in [4.78, 5) is 21.8. The van der Waals surface area contributed by atoms with E-state index in [-0.39, 0.29) is 11.5 Å². The van der Waals surface area contributed by atoms with Crippen molar-refractivity contribution in [2.75, 3.05) is 5.32 Å². The van der Waals surface area contributed by atoms with Crippen molar-refractivity contribution in [3.8, 4) is 0 Å². The number of carbonyl (C=O) groups is 1. The summed E-state index contributed by atoms with van der Waals surface area (Å²) in [5.74, 6) is -0.219. The monoisotopic (exact) mass is 268 g/mol. The molecule has 0 heterocycles. The molecule has 0 amide bonds. The molecule has 5 nitrogen and oxygen atoms in total. The molecular formula is C15H12N2O3. The maximum absolute atomic E-state index is 11.8. The smallest absolute Gasteiger partial charge is 0.269 e. The Balaban J connectivity index is 1.99. The number of non-ortho nitro benzene ring substituents is 1. The highest BCUT2D eigenvalue weighted by Gasteiger charge is 2.06. The number of nitro benzene ring substituents is 1. The van der Waals surface area contributed by atoms with Crippen LogP contribution in [-0.2, 0) is 0 Å². The quantitative estimate of drug-likeness (QED) is 0.390. The van der Waals surface area contributed by atoms with Gasteiger partial charge in [0, 0.05) is 35.7 Å². The zero-order valence-corrected chi connectivity index (χ0v) is 10.5. The summed E-state index contributed by atoms with van der Waals surface area (Å²) in [7, 11) is 0. The van der Waals surface area contributed by atoms with Crippen LogP contribution in [0.15, 0.2) is 66.9 Å². The first-order valence-corrected chi connectivity index (χ1v) is 5.94. The van der Waals surface area contributed by atoms with Crippen molar-refractivity contribution < 1.29 is 9.72 Å². The summed E-state index contributed by atoms with van der Waals surface area (Å²) in [6.07, 6.45) is 2.92. The summed E-state index contributed by atoms with van der Waals surface area (Å²) in [6.45, 7) is 0. The SMILES string of the molecule is O=C(C=CNc1ccccc1)c1ccc([N+](=O)[O-])cc1. The molecule has 0 aliphatic rings. The molecule has 100 valence electrons. The highest BCUT2D eigenvalue weighted by molar-refractivity contribution is 6.04. The number of ketones is 1. The van der Waals surface area contributed by atoms with Crippen LogP contribution in [0.25, 0.3) is 0 Å². The van der Waals surface area contributed by atoms with E-state index >= 15 is 0 Å². The van der Waals surface area contributed by atoms with Crippen molar-refractivity contribution >= 4 is 17.2 Å². The van der Waals surface area contributed by atoms with Gasteiger partial charge in [-0.25, -0.2) is 0 Å². The minimum Gasteiger partial charge on any atom is -0.362 e. The molecule has 0 aliphatic carbocycles. The van der Waals surface area contributed by atoms with E-state index < -0.39 is 4.92 Å². The number of hydrogen-bond acceptors (Lipinski definition) is 4. The predicted molar refractivity (Wildman–Crippen MR) is 76.6 cm³/mol. The van der Waals surface area contributed by atoms with Gasteiger partial charge < -0.3 is 5.32 Å². The summed E-state index contributed by atoms with van der Waals surface area (Å²) in [5.41, 5.74) is 1.25. The van der Waals surface area contributed by atoms with E-state index in [0.29, 0.717) is 5.56 Å². The van der Waals surface area contributed by atoms with Gasteiger partial charge in [-0.05, 0) is 24.3 Å². The molecule has 0 radical (unpaired) electrons. The first-order valence-electron chi connectivity index (χ1n) is 5.94. The average Bonchev–Trinajstić information content (AvgIpc) is 2.48. The second kappa shape index (κ2) is 6.29. The van der Waals surface area contributed by atoms with Gasteiger partial charge in [-0.2, -0.15) is 0 Å². The lowest BCUT2D eigenvalue weighted by Crippen LogP contribution is -1.97. The molecule has 2 aromatic rings. The highest BCUT2D eigenvalue weighted by Crippen LogP contribution is 2.12. The first kappa shape index (κ1) is 13.5. The Hall–Kier alpha value is -2.95. The van der Waals surface area contributed by atoms with Crippen LogP contribution in [0.3, 0.4) is 0 Å². The number of anilines is 1. The Kier molecular flexibility index (Phi) is 4.24. The number of hydrogen-bond donors (Lipinski definition) is 1. The van der Waals surface area contributed by atoms with E-state index in [1.165, 1.54) is 30.3 Å². The molecule has 0 spiro atoms. The predicted octanol–water partition coefficient (Wildman–Crippen LogP) is 3.40. The Morgan fingerprint density at radius 3 is 2.30 bits per heavy atom. The molecule has 0 atom stereocenters. The number of allylic oxidation sites excluding steroid dienone is 1. The third-order valence-electron chi connectivity index (χ3n) is 2.62. The van der Waals surface area contributed by atoms with E-state index in [9.17, 15) is 14.9 Å². The molecule has 0 aliphatic heterocycles. The molecule has 0 bridgehead atoms. The van der Waals surface area contributed by atoms with Crippen molar-refractivity contribution in [3.05, 3.63) is 82.6 Å². The molecule has 0 fully saturated rings. The molecule has 20 heavy (non-hydrogen) atoms. The lowest BCUT2D eigenvalue weighted by molar-refractivity contribution is -0.384. The van der Waals surface area contributed by atoms with Gasteiger partial charge in [0.05, 0.1) is 4.92 Å². The van der Waals surface area contributed by atoms with Crippen LogP contribution in [-0.4, -0.2) is 10.7 Å². The topological polar surface area (TPSA) is 72.2 Å². The Labute approximate surface area is 115 Å². The van der Waals surface area contributed by atoms with Gasteiger partial charge in [-0.15, -0.1) is 0 Å². The van der Waals surface area contributed by atoms with Gasteiger partial charge in [0.2, 0.25) is 0 Å². The number of benzene rings is 2. The standard InChI is InChI=1S/C15H12N2O3/c18-15(10-11-16-13-4-2-1-3-5-13)12-6-8-14(9-7-12)17(19)20/h1-11,16H. The number of nitrogens with one attached hydrogen (secondary N) is 1. The minimum atomic E-state index is -0.499. The van der Waals surface area contributed by atoms with E-state index in [2.05, 4.69) is 5.32 Å². The molecule has 5 heteroatoms. The van der Waals surface area contributed by atoms with Crippen LogP contribution < -0.4 is 5.32 Å². The summed E-state index contributed by atoms with van der Waals surface area (Å²) in [6, 6.07) is 14.9. The van der Waals surface area contributed by atoms with Gasteiger partial charge >= 0.3 is 0 Å². The van der Waals surface area contributed by atoms with Crippen LogP contribution in [0.1, 0.15) is 10.4 Å². The van der Waals surface area contributed by atoms with E-state index in [0.717, 1.165) is 5.69 Å². The second-order valence-corrected chi connectivity index (χ2v) is 4.01. The van der Waals surface area contributed by atoms with Crippen LogP contribution >= 0.6 is 0 Å². The number of rotatable bonds is 5. The van der Waals surface area contributed by atoms with Gasteiger partial charge in [0.15, 0.2) is 5.78 Å². The third-order valence-corrected chi connectivity index (χ3v) is 2.62. The van der Waals surface area contributed by atoms with E-state index in [4.69, 9.17) is 0 Å². The Bertz CT molecular complexity index is 634. The average molecular weight is 268 g/mol. The lowest BCUT2D eigenvalue weighted by Gasteiger charge is -1.99. The van der Waals surface area contributed by atoms with Crippen molar-refractivity contribution in [2.45, 2.75) is 0 Å². The van der Waals surface area contributed by atoms with Crippen LogP contribution in [0.5, 0.6) is 0 Å². The molecule has 1 N–H and O–H groups in total.